The highest BCUT2D eigenvalue weighted by atomic mass is 16.7. The molecule has 0 bridgehead atoms. The molecule has 0 unspecified atom stereocenters. The maximum Gasteiger partial charge on any atom is 0.163 e. The van der Waals surface area contributed by atoms with E-state index in [1.807, 2.05) is 27.7 Å². The van der Waals surface area contributed by atoms with E-state index >= 15 is 0 Å². The van der Waals surface area contributed by atoms with Crippen molar-refractivity contribution in [2.75, 3.05) is 13.2 Å². The SMILES string of the molecule is CC1(C)OC[C@@H](CC2(NNC3(C[C@@H]4COC(C)(C)O4)CC3)CC2)O1. The van der Waals surface area contributed by atoms with Crippen LogP contribution in [0.2, 0.25) is 0 Å². The summed E-state index contributed by atoms with van der Waals surface area (Å²) >= 11 is 0. The predicted octanol–water partition coefficient (Wildman–Crippen LogP) is 2.23. The fourth-order valence-electron chi connectivity index (χ4n) is 3.93. The molecule has 2 saturated heterocycles. The number of nitrogens with one attached hydrogen (secondary N) is 2. The van der Waals surface area contributed by atoms with Crippen LogP contribution >= 0.6 is 0 Å². The van der Waals surface area contributed by atoms with Crippen LogP contribution in [-0.2, 0) is 18.9 Å². The van der Waals surface area contributed by atoms with E-state index in [0.717, 1.165) is 12.8 Å². The van der Waals surface area contributed by atoms with Crippen LogP contribution in [-0.4, -0.2) is 48.1 Å². The minimum absolute atomic E-state index is 0.177. The minimum atomic E-state index is -0.432. The van der Waals surface area contributed by atoms with Gasteiger partial charge in [-0.2, -0.15) is 0 Å². The number of hydrogen-bond acceptors (Lipinski definition) is 6. The van der Waals surface area contributed by atoms with Crippen molar-refractivity contribution in [3.8, 4) is 0 Å². The van der Waals surface area contributed by atoms with Crippen LogP contribution in [0.15, 0.2) is 0 Å². The summed E-state index contributed by atoms with van der Waals surface area (Å²) in [6, 6.07) is 0. The van der Waals surface area contributed by atoms with Crippen LogP contribution in [0.1, 0.15) is 66.2 Å². The summed E-state index contributed by atoms with van der Waals surface area (Å²) < 4.78 is 23.3. The summed E-state index contributed by atoms with van der Waals surface area (Å²) in [5.74, 6) is -0.864. The molecule has 0 aromatic rings. The van der Waals surface area contributed by atoms with E-state index in [4.69, 9.17) is 18.9 Å². The van der Waals surface area contributed by atoms with Gasteiger partial charge in [0, 0.05) is 11.1 Å². The Morgan fingerprint density at radius 1 is 0.708 bits per heavy atom. The third-order valence-electron chi connectivity index (χ3n) is 5.67. The lowest BCUT2D eigenvalue weighted by Gasteiger charge is -2.27. The second kappa shape index (κ2) is 5.63. The number of hydrogen-bond donors (Lipinski definition) is 2. The molecule has 0 aromatic carbocycles. The molecular formula is C18H32N2O4. The lowest BCUT2D eigenvalue weighted by molar-refractivity contribution is -0.141. The Morgan fingerprint density at radius 3 is 1.33 bits per heavy atom. The zero-order chi connectivity index (χ0) is 17.1. The van der Waals surface area contributed by atoms with Gasteiger partial charge in [-0.05, 0) is 66.2 Å². The number of ether oxygens (including phenoxy) is 4. The smallest absolute Gasteiger partial charge is 0.163 e. The van der Waals surface area contributed by atoms with Gasteiger partial charge in [0.15, 0.2) is 11.6 Å². The van der Waals surface area contributed by atoms with E-state index in [2.05, 4.69) is 10.9 Å². The molecule has 2 N–H and O–H groups in total. The van der Waals surface area contributed by atoms with Crippen molar-refractivity contribution < 1.29 is 18.9 Å². The third kappa shape index (κ3) is 3.94. The van der Waals surface area contributed by atoms with Crippen LogP contribution in [0.5, 0.6) is 0 Å². The van der Waals surface area contributed by atoms with Crippen molar-refractivity contribution >= 4 is 0 Å². The van der Waals surface area contributed by atoms with E-state index in [0.29, 0.717) is 13.2 Å². The molecule has 0 spiro atoms. The monoisotopic (exact) mass is 340 g/mol. The second-order valence-corrected chi connectivity index (χ2v) is 9.12. The first-order valence-electron chi connectivity index (χ1n) is 9.37. The summed E-state index contributed by atoms with van der Waals surface area (Å²) in [6.07, 6.45) is 7.21. The van der Waals surface area contributed by atoms with E-state index < -0.39 is 11.6 Å². The van der Waals surface area contributed by atoms with Gasteiger partial charge in [-0.25, -0.2) is 0 Å². The van der Waals surface area contributed by atoms with Gasteiger partial charge in [0.2, 0.25) is 0 Å². The average molecular weight is 340 g/mol. The van der Waals surface area contributed by atoms with Gasteiger partial charge in [-0.3, -0.25) is 10.9 Å². The molecule has 4 rings (SSSR count). The van der Waals surface area contributed by atoms with Crippen LogP contribution in [0.4, 0.5) is 0 Å². The van der Waals surface area contributed by atoms with Crippen LogP contribution < -0.4 is 10.9 Å². The van der Waals surface area contributed by atoms with Crippen molar-refractivity contribution in [1.29, 1.82) is 0 Å². The fourth-order valence-corrected chi connectivity index (χ4v) is 3.93. The quantitative estimate of drug-likeness (QED) is 0.693. The Hall–Kier alpha value is -0.240. The van der Waals surface area contributed by atoms with Crippen LogP contribution in [0, 0.1) is 0 Å². The Labute approximate surface area is 144 Å². The highest BCUT2D eigenvalue weighted by Crippen LogP contribution is 2.45. The fraction of sp³-hybridized carbons (Fsp3) is 1.00. The summed E-state index contributed by atoms with van der Waals surface area (Å²) in [5.41, 5.74) is 7.63. The molecule has 6 nitrogen and oxygen atoms in total. The Bertz CT molecular complexity index is 441. The van der Waals surface area contributed by atoms with E-state index in [9.17, 15) is 0 Å². The molecule has 0 radical (unpaired) electrons. The molecule has 24 heavy (non-hydrogen) atoms. The lowest BCUT2D eigenvalue weighted by atomic mass is 10.1. The number of rotatable bonds is 7. The van der Waals surface area contributed by atoms with Gasteiger partial charge in [-0.1, -0.05) is 0 Å². The van der Waals surface area contributed by atoms with Crippen molar-refractivity contribution in [2.45, 2.75) is 101 Å². The Balaban J connectivity index is 1.24. The lowest BCUT2D eigenvalue weighted by Crippen LogP contribution is -2.52. The minimum Gasteiger partial charge on any atom is -0.348 e. The molecule has 6 heteroatoms. The second-order valence-electron chi connectivity index (χ2n) is 9.12. The topological polar surface area (TPSA) is 61.0 Å². The zero-order valence-corrected chi connectivity index (χ0v) is 15.4. The number of hydrazine groups is 1. The molecular weight excluding hydrogens is 308 g/mol. The third-order valence-corrected chi connectivity index (χ3v) is 5.67. The van der Waals surface area contributed by atoms with Gasteiger partial charge in [0.05, 0.1) is 25.4 Å². The van der Waals surface area contributed by atoms with Crippen molar-refractivity contribution in [2.24, 2.45) is 0 Å². The van der Waals surface area contributed by atoms with Crippen molar-refractivity contribution in [1.82, 2.24) is 10.9 Å². The van der Waals surface area contributed by atoms with Gasteiger partial charge >= 0.3 is 0 Å². The molecule has 0 aromatic heterocycles. The summed E-state index contributed by atoms with van der Waals surface area (Å²) in [4.78, 5) is 0. The highest BCUT2D eigenvalue weighted by Gasteiger charge is 2.52. The molecule has 2 heterocycles. The molecule has 2 aliphatic carbocycles. The molecule has 0 amide bonds. The standard InChI is InChI=1S/C18H32N2O4/c1-15(2)21-11-13(23-15)9-17(5-6-17)19-20-18(7-8-18)10-14-12-22-16(3,4)24-14/h13-14,19-20H,5-12H2,1-4H3/t13-,14-/m1/s1. The Morgan fingerprint density at radius 2 is 1.08 bits per heavy atom. The van der Waals surface area contributed by atoms with Crippen LogP contribution in [0.3, 0.4) is 0 Å². The normalized spacial score (nSPS) is 37.5. The summed E-state index contributed by atoms with van der Waals surface area (Å²) in [7, 11) is 0. The first kappa shape index (κ1) is 17.2. The van der Waals surface area contributed by atoms with Gasteiger partial charge < -0.3 is 18.9 Å². The van der Waals surface area contributed by atoms with Gasteiger partial charge in [-0.15, -0.1) is 0 Å². The molecule has 2 atom stereocenters. The summed E-state index contributed by atoms with van der Waals surface area (Å²) in [6.45, 7) is 9.35. The van der Waals surface area contributed by atoms with E-state index in [1.165, 1.54) is 25.7 Å². The maximum atomic E-state index is 5.98. The van der Waals surface area contributed by atoms with Crippen LogP contribution in [0.25, 0.3) is 0 Å². The molecule has 4 fully saturated rings. The van der Waals surface area contributed by atoms with Gasteiger partial charge in [0.1, 0.15) is 0 Å². The molecule has 138 valence electrons. The Kier molecular flexibility index (Phi) is 4.03. The molecule has 2 aliphatic heterocycles. The molecule has 4 aliphatic rings. The van der Waals surface area contributed by atoms with Crippen molar-refractivity contribution in [3.05, 3.63) is 0 Å². The largest absolute Gasteiger partial charge is 0.348 e. The summed E-state index contributed by atoms with van der Waals surface area (Å²) in [5, 5.41) is 0. The molecule has 2 saturated carbocycles. The van der Waals surface area contributed by atoms with Gasteiger partial charge in [0.25, 0.3) is 0 Å². The average Bonchev–Trinajstić information content (AvgIpc) is 3.35. The zero-order valence-electron chi connectivity index (χ0n) is 15.4. The highest BCUT2D eigenvalue weighted by molar-refractivity contribution is 5.08. The predicted molar refractivity (Wildman–Crippen MR) is 89.2 cm³/mol. The maximum absolute atomic E-state index is 5.98. The van der Waals surface area contributed by atoms with E-state index in [1.54, 1.807) is 0 Å². The van der Waals surface area contributed by atoms with E-state index in [-0.39, 0.29) is 23.3 Å². The van der Waals surface area contributed by atoms with Crippen molar-refractivity contribution in [3.63, 3.8) is 0 Å². The first-order chi connectivity index (χ1) is 11.2. The first-order valence-corrected chi connectivity index (χ1v) is 9.37.